The Hall–Kier alpha value is -3.55. The Morgan fingerprint density at radius 2 is 2.10 bits per heavy atom. The van der Waals surface area contributed by atoms with Crippen LogP contribution in [0.15, 0.2) is 42.6 Å². The molecule has 8 heteroatoms. The molecule has 0 spiro atoms. The number of nitrogens with zero attached hydrogens (tertiary/aromatic N) is 3. The maximum Gasteiger partial charge on any atom is 0.253 e. The predicted molar refractivity (Wildman–Crippen MR) is 111 cm³/mol. The Morgan fingerprint density at radius 3 is 2.90 bits per heavy atom. The number of fused-ring (bicyclic) bond motifs is 2. The van der Waals surface area contributed by atoms with Crippen LogP contribution in [0.1, 0.15) is 16.8 Å². The van der Waals surface area contributed by atoms with Crippen LogP contribution in [-0.4, -0.2) is 60.7 Å². The van der Waals surface area contributed by atoms with E-state index < -0.39 is 0 Å². The summed E-state index contributed by atoms with van der Waals surface area (Å²) < 4.78 is 5.84. The van der Waals surface area contributed by atoms with E-state index in [1.165, 1.54) is 4.90 Å². The molecule has 1 atom stereocenters. The van der Waals surface area contributed by atoms with Crippen LogP contribution in [0.25, 0.3) is 10.9 Å². The Bertz CT molecular complexity index is 1080. The average molecular weight is 393 g/mol. The maximum absolute atomic E-state index is 12.6. The summed E-state index contributed by atoms with van der Waals surface area (Å²) in [6.45, 7) is 0.400. The van der Waals surface area contributed by atoms with Crippen LogP contribution in [0, 0.1) is 0 Å². The topological polar surface area (TPSA) is 90.6 Å². The third kappa shape index (κ3) is 3.73. The Morgan fingerprint density at radius 1 is 1.28 bits per heavy atom. The number of nitrogens with one attached hydrogen (secondary N) is 2. The first kappa shape index (κ1) is 18.8. The van der Waals surface area contributed by atoms with Crippen molar-refractivity contribution in [2.75, 3.05) is 38.0 Å². The summed E-state index contributed by atoms with van der Waals surface area (Å²) in [6, 6.07) is 10.9. The lowest BCUT2D eigenvalue weighted by Gasteiger charge is -2.35. The van der Waals surface area contributed by atoms with Gasteiger partial charge < -0.3 is 19.9 Å². The molecule has 0 bridgehead atoms. The van der Waals surface area contributed by atoms with Crippen LogP contribution >= 0.6 is 0 Å². The van der Waals surface area contributed by atoms with Gasteiger partial charge in [-0.2, -0.15) is 5.10 Å². The minimum absolute atomic E-state index is 0.0738. The summed E-state index contributed by atoms with van der Waals surface area (Å²) >= 11 is 0. The molecule has 0 radical (unpaired) electrons. The molecule has 2 N–H and O–H groups in total. The molecule has 0 aliphatic carbocycles. The third-order valence-electron chi connectivity index (χ3n) is 5.12. The van der Waals surface area contributed by atoms with E-state index >= 15 is 0 Å². The van der Waals surface area contributed by atoms with E-state index in [0.29, 0.717) is 23.6 Å². The minimum atomic E-state index is -0.136. The first-order chi connectivity index (χ1) is 13.9. The summed E-state index contributed by atoms with van der Waals surface area (Å²) in [6.07, 6.45) is 2.00. The monoisotopic (exact) mass is 393 g/mol. The zero-order valence-corrected chi connectivity index (χ0v) is 16.6. The number of H-pyrrole nitrogens is 1. The van der Waals surface area contributed by atoms with Gasteiger partial charge in [0.05, 0.1) is 29.9 Å². The molecule has 1 unspecified atom stereocenters. The second-order valence-electron chi connectivity index (χ2n) is 7.38. The van der Waals surface area contributed by atoms with Gasteiger partial charge in [-0.1, -0.05) is 0 Å². The number of hydrogen-bond acceptors (Lipinski definition) is 5. The highest BCUT2D eigenvalue weighted by molar-refractivity contribution is 5.96. The van der Waals surface area contributed by atoms with Gasteiger partial charge in [-0.3, -0.25) is 14.7 Å². The summed E-state index contributed by atoms with van der Waals surface area (Å²) in [5, 5.41) is 10.8. The number of benzene rings is 2. The van der Waals surface area contributed by atoms with Crippen molar-refractivity contribution in [3.8, 4) is 5.75 Å². The number of aromatic amines is 1. The van der Waals surface area contributed by atoms with Crippen molar-refractivity contribution in [1.29, 1.82) is 0 Å². The van der Waals surface area contributed by atoms with E-state index in [2.05, 4.69) is 15.5 Å². The van der Waals surface area contributed by atoms with Gasteiger partial charge in [-0.05, 0) is 36.4 Å². The second kappa shape index (κ2) is 7.46. The number of anilines is 2. The average Bonchev–Trinajstić information content (AvgIpc) is 3.17. The van der Waals surface area contributed by atoms with E-state index in [-0.39, 0.29) is 24.3 Å². The lowest BCUT2D eigenvalue weighted by Crippen LogP contribution is -2.42. The fourth-order valence-corrected chi connectivity index (χ4v) is 3.44. The van der Waals surface area contributed by atoms with E-state index in [4.69, 9.17) is 4.74 Å². The highest BCUT2D eigenvalue weighted by Crippen LogP contribution is 2.34. The summed E-state index contributed by atoms with van der Waals surface area (Å²) in [4.78, 5) is 28.4. The number of amides is 2. The first-order valence-corrected chi connectivity index (χ1v) is 9.36. The molecule has 0 saturated carbocycles. The number of carbonyl (C=O) groups is 2. The molecule has 2 heterocycles. The molecule has 0 fully saturated rings. The predicted octanol–water partition coefficient (Wildman–Crippen LogP) is 2.49. The molecule has 4 rings (SSSR count). The molecule has 29 heavy (non-hydrogen) atoms. The van der Waals surface area contributed by atoms with Crippen molar-refractivity contribution >= 4 is 34.1 Å². The Labute approximate surface area is 168 Å². The second-order valence-corrected chi connectivity index (χ2v) is 7.38. The van der Waals surface area contributed by atoms with Crippen LogP contribution in [-0.2, 0) is 4.79 Å². The summed E-state index contributed by atoms with van der Waals surface area (Å²) in [5.74, 6) is 0.535. The maximum atomic E-state index is 12.6. The van der Waals surface area contributed by atoms with Gasteiger partial charge in [0.2, 0.25) is 5.91 Å². The van der Waals surface area contributed by atoms with Crippen LogP contribution in [0.4, 0.5) is 11.4 Å². The number of aromatic nitrogens is 2. The van der Waals surface area contributed by atoms with Crippen LogP contribution in [0.3, 0.4) is 0 Å². The van der Waals surface area contributed by atoms with Gasteiger partial charge in [0.15, 0.2) is 0 Å². The van der Waals surface area contributed by atoms with Crippen LogP contribution in [0.5, 0.6) is 5.75 Å². The van der Waals surface area contributed by atoms with Crippen molar-refractivity contribution in [3.05, 3.63) is 48.2 Å². The standard InChI is InChI=1S/C21H23N5O3/c1-25(2)21(28)13-5-7-19-18(8-13)26(3)16(12-29-19)10-20(27)23-15-6-4-14-11-22-24-17(14)9-15/h4-9,11,16H,10,12H2,1-3H3,(H,22,24)(H,23,27). The fourth-order valence-electron chi connectivity index (χ4n) is 3.44. The van der Waals surface area contributed by atoms with Gasteiger partial charge in [0.1, 0.15) is 12.4 Å². The van der Waals surface area contributed by atoms with E-state index in [0.717, 1.165) is 16.6 Å². The molecule has 1 aliphatic heterocycles. The summed E-state index contributed by atoms with van der Waals surface area (Å²) in [5.41, 5.74) is 2.97. The van der Waals surface area contributed by atoms with Gasteiger partial charge in [-0.15, -0.1) is 0 Å². The molecular formula is C21H23N5O3. The van der Waals surface area contributed by atoms with Gasteiger partial charge in [0, 0.05) is 37.8 Å². The van der Waals surface area contributed by atoms with Crippen molar-refractivity contribution < 1.29 is 14.3 Å². The Balaban J connectivity index is 1.46. The molecule has 8 nitrogen and oxygen atoms in total. The number of carbonyl (C=O) groups excluding carboxylic acids is 2. The quantitative estimate of drug-likeness (QED) is 0.711. The summed E-state index contributed by atoms with van der Waals surface area (Å²) in [7, 11) is 5.35. The molecule has 2 aromatic carbocycles. The fraction of sp³-hybridized carbons (Fsp3) is 0.286. The smallest absolute Gasteiger partial charge is 0.253 e. The van der Waals surface area contributed by atoms with E-state index in [1.807, 2.05) is 36.2 Å². The highest BCUT2D eigenvalue weighted by atomic mass is 16.5. The molecule has 3 aromatic rings. The number of ether oxygens (including phenoxy) is 1. The molecule has 1 aromatic heterocycles. The van der Waals surface area contributed by atoms with Crippen molar-refractivity contribution in [2.45, 2.75) is 12.5 Å². The number of hydrogen-bond donors (Lipinski definition) is 2. The molecule has 1 aliphatic rings. The zero-order valence-electron chi connectivity index (χ0n) is 16.6. The third-order valence-corrected chi connectivity index (χ3v) is 5.12. The van der Waals surface area contributed by atoms with Gasteiger partial charge >= 0.3 is 0 Å². The Kier molecular flexibility index (Phi) is 4.84. The number of rotatable bonds is 4. The minimum Gasteiger partial charge on any atom is -0.489 e. The highest BCUT2D eigenvalue weighted by Gasteiger charge is 2.28. The van der Waals surface area contributed by atoms with E-state index in [1.54, 1.807) is 32.4 Å². The van der Waals surface area contributed by atoms with Crippen molar-refractivity contribution in [2.24, 2.45) is 0 Å². The van der Waals surface area contributed by atoms with Gasteiger partial charge in [-0.25, -0.2) is 0 Å². The number of likely N-dealkylation sites (N-methyl/N-ethyl adjacent to an activating group) is 1. The molecule has 2 amide bonds. The molecule has 0 saturated heterocycles. The van der Waals surface area contributed by atoms with Crippen LogP contribution in [0.2, 0.25) is 0 Å². The SMILES string of the molecule is CN(C)C(=O)c1ccc2c(c1)N(C)C(CC(=O)Nc1ccc3cn[nH]c3c1)CO2. The lowest BCUT2D eigenvalue weighted by atomic mass is 10.1. The first-order valence-electron chi connectivity index (χ1n) is 9.36. The zero-order chi connectivity index (χ0) is 20.5. The normalized spacial score (nSPS) is 15.6. The largest absolute Gasteiger partial charge is 0.489 e. The van der Waals surface area contributed by atoms with E-state index in [9.17, 15) is 9.59 Å². The molecule has 150 valence electrons. The molecular weight excluding hydrogens is 370 g/mol. The van der Waals surface area contributed by atoms with Gasteiger partial charge in [0.25, 0.3) is 5.91 Å². The van der Waals surface area contributed by atoms with Crippen molar-refractivity contribution in [3.63, 3.8) is 0 Å². The lowest BCUT2D eigenvalue weighted by molar-refractivity contribution is -0.116. The van der Waals surface area contributed by atoms with Crippen LogP contribution < -0.4 is 15.0 Å². The van der Waals surface area contributed by atoms with Crippen molar-refractivity contribution in [1.82, 2.24) is 15.1 Å².